The predicted molar refractivity (Wildman–Crippen MR) is 598 cm³/mol. The number of benzene rings is 11. The van der Waals surface area contributed by atoms with Crippen molar-refractivity contribution in [1.29, 1.82) is 0 Å². The lowest BCUT2D eigenvalue weighted by Gasteiger charge is -2.43. The second-order valence-electron chi connectivity index (χ2n) is 43.4. The number of hydrogen-bond donors (Lipinski definition) is 0. The maximum atomic E-state index is 8.07. The molecule has 5 saturated carbocycles. The summed E-state index contributed by atoms with van der Waals surface area (Å²) in [6.45, 7) is 12.3. The van der Waals surface area contributed by atoms with Crippen molar-refractivity contribution in [3.8, 4) is 123 Å². The molecular formula is C137H156N5+5. The Morgan fingerprint density at radius 1 is 0.246 bits per heavy atom. The third kappa shape index (κ3) is 24.4. The van der Waals surface area contributed by atoms with E-state index in [1.807, 2.05) is 122 Å². The summed E-state index contributed by atoms with van der Waals surface area (Å²) >= 11 is 0. The Labute approximate surface area is 865 Å². The quantitative estimate of drug-likeness (QED) is 0.0859. The van der Waals surface area contributed by atoms with E-state index in [-0.39, 0.29) is 11.1 Å². The van der Waals surface area contributed by atoms with E-state index in [2.05, 4.69) is 313 Å². The number of aromatic nitrogens is 5. The topological polar surface area (TPSA) is 19.4 Å². The first kappa shape index (κ1) is 89.3. The van der Waals surface area contributed by atoms with Gasteiger partial charge >= 0.3 is 0 Å². The summed E-state index contributed by atoms with van der Waals surface area (Å²) in [4.78, 5) is 0. The molecule has 5 heterocycles. The summed E-state index contributed by atoms with van der Waals surface area (Å²) in [5, 5.41) is 0. The van der Waals surface area contributed by atoms with Gasteiger partial charge in [-0.15, -0.1) is 0 Å². The minimum atomic E-state index is -2.34. The molecule has 5 aliphatic carbocycles. The fourth-order valence-electron chi connectivity index (χ4n) is 23.6. The standard InChI is InChI=1S/C31H38N.C29H34N.C28H34N.C26H24N.C23H26N/c1-24-8-4-5-9-29(24)30-23-28(16-21-32(30)2)27-12-10-25(11-13-27)22-26-14-19-31(20-15-26)17-6-3-7-18-31;1-22-7-3-4-8-27(22)28-21-26(15-20-30(28)2)24-11-9-23(10-12-24)25-13-18-29(19-14-25)16-5-6-17-29;1-21-7-5-6-8-26(21)27-20-25(15-18-29(27)4)24-11-9-22(10-12-24)19-23-13-16-28(2,3)17-14-23;1-19-9-7-8-12-24(19)26-17-25(20(2)18-27(26)3)23-15-13-22(14-16-23)21-10-5-4-6-11-21;1-15-9-7-8-10-21(15)23-13-22(18(4)14-24(23)6)20-11-16(2)19(5)17(3)12-20/h4-5,8-13,16,21,23,26H,3,6-7,14-15,17-20,22H2,1-2H3;3-4,7-12,15,20-21,25H,5-6,13-14,16-19H2,1-2H3;5-12,15,18,20,23H,13-14,16-17,19H2,1-4H3;4-18H,1-3H3;7-14H,1-6H3/q5*+1/i;;;2D3;2D3,4D3. The van der Waals surface area contributed by atoms with E-state index in [1.165, 1.54) is 243 Å². The highest BCUT2D eigenvalue weighted by Gasteiger charge is 2.39. The molecule has 0 bridgehead atoms. The van der Waals surface area contributed by atoms with E-state index in [9.17, 15) is 0 Å². The van der Waals surface area contributed by atoms with Gasteiger partial charge in [0.25, 0.3) is 0 Å². The minimum Gasteiger partial charge on any atom is -0.201 e. The van der Waals surface area contributed by atoms with Crippen molar-refractivity contribution in [3.63, 3.8) is 0 Å². The number of pyridine rings is 5. The maximum absolute atomic E-state index is 8.07. The van der Waals surface area contributed by atoms with Crippen molar-refractivity contribution in [3.05, 3.63) is 413 Å². The van der Waals surface area contributed by atoms with Crippen LogP contribution in [0.5, 0.6) is 0 Å². The Morgan fingerprint density at radius 2 is 0.549 bits per heavy atom. The summed E-state index contributed by atoms with van der Waals surface area (Å²) in [7, 11) is 10.1. The van der Waals surface area contributed by atoms with Gasteiger partial charge in [-0.2, -0.15) is 0 Å². The molecule has 0 aliphatic heterocycles. The molecule has 5 fully saturated rings. The van der Waals surface area contributed by atoms with Gasteiger partial charge < -0.3 is 0 Å². The molecule has 724 valence electrons. The highest BCUT2D eigenvalue weighted by molar-refractivity contribution is 5.78. The van der Waals surface area contributed by atoms with Crippen LogP contribution in [-0.2, 0) is 48.1 Å². The molecule has 0 atom stereocenters. The maximum Gasteiger partial charge on any atom is 0.213 e. The molecule has 5 nitrogen and oxygen atoms in total. The monoisotopic (exact) mass is 1880 g/mol. The van der Waals surface area contributed by atoms with E-state index in [0.717, 1.165) is 90.0 Å². The fraction of sp³-hybridized carbons (Fsp3) is 0.336. The van der Waals surface area contributed by atoms with Crippen molar-refractivity contribution in [1.82, 2.24) is 0 Å². The molecule has 11 aromatic carbocycles. The number of aryl methyl sites for hydroxylation is 14. The lowest BCUT2D eigenvalue weighted by atomic mass is 9.63. The first-order valence-electron chi connectivity index (χ1n) is 57.3. The smallest absolute Gasteiger partial charge is 0.201 e. The van der Waals surface area contributed by atoms with Crippen molar-refractivity contribution < 1.29 is 35.2 Å². The van der Waals surface area contributed by atoms with Gasteiger partial charge in [0.2, 0.25) is 28.5 Å². The van der Waals surface area contributed by atoms with Gasteiger partial charge in [0.15, 0.2) is 31.0 Å². The SMILES string of the molecule is Cc1ccccc1-c1cc(-c2ccc(C3CCC4(CCCC4)CC3)cc2)cc[n+]1C.Cc1ccccc1-c1cc(-c2ccc(CC3CCC(C)(C)CC3)cc2)cc[n+]1C.Cc1ccccc1-c1cc(-c2ccc(CC3CCC4(CCCCC4)CC3)cc2)cc[n+]1C.[2H]C([2H])([2H])c1c[n+](C)c(-c2ccccc2C)cc1-c1cc(C)c(C)c(C([2H])([2H])[2H])c1.[2H]C([2H])([2H])c1c[n+](C)c(-c2ccccc2C)cc1-c1ccc(-c2ccccc2)cc1. The zero-order chi connectivity index (χ0) is 107. The Bertz CT molecular complexity index is 7370. The third-order valence-electron chi connectivity index (χ3n) is 33.0. The molecule has 0 radical (unpaired) electrons. The second-order valence-corrected chi connectivity index (χ2v) is 43.4. The molecule has 2 spiro atoms. The van der Waals surface area contributed by atoms with E-state index in [0.29, 0.717) is 27.7 Å². The highest BCUT2D eigenvalue weighted by atomic mass is 14.9. The summed E-state index contributed by atoms with van der Waals surface area (Å²) in [6, 6.07) is 110. The van der Waals surface area contributed by atoms with E-state index >= 15 is 0 Å². The number of rotatable bonds is 16. The summed E-state index contributed by atoms with van der Waals surface area (Å²) in [5.41, 5.74) is 39.5. The Balaban J connectivity index is 0.000000128. The Morgan fingerprint density at radius 3 is 0.930 bits per heavy atom. The van der Waals surface area contributed by atoms with Crippen LogP contribution in [0.1, 0.15) is 239 Å². The van der Waals surface area contributed by atoms with Crippen LogP contribution in [0.25, 0.3) is 123 Å². The fourth-order valence-corrected chi connectivity index (χ4v) is 23.6. The van der Waals surface area contributed by atoms with Gasteiger partial charge in [0.1, 0.15) is 35.2 Å². The van der Waals surface area contributed by atoms with Crippen LogP contribution in [0.2, 0.25) is 0 Å². The Kier molecular flexibility index (Phi) is 28.7. The van der Waals surface area contributed by atoms with Crippen LogP contribution in [-0.4, -0.2) is 0 Å². The van der Waals surface area contributed by atoms with Gasteiger partial charge in [0, 0.05) is 99.8 Å². The number of nitrogens with zero attached hydrogens (tertiary/aromatic N) is 5. The lowest BCUT2D eigenvalue weighted by molar-refractivity contribution is -0.660. The van der Waals surface area contributed by atoms with Crippen molar-refractivity contribution in [2.24, 2.45) is 63.3 Å². The molecule has 0 N–H and O–H groups in total. The third-order valence-corrected chi connectivity index (χ3v) is 33.0. The second kappa shape index (κ2) is 45.6. The van der Waals surface area contributed by atoms with Crippen LogP contribution >= 0.6 is 0 Å². The van der Waals surface area contributed by atoms with Crippen molar-refractivity contribution in [2.75, 3.05) is 0 Å². The molecule has 21 rings (SSSR count). The van der Waals surface area contributed by atoms with Gasteiger partial charge in [-0.25, -0.2) is 22.8 Å². The highest BCUT2D eigenvalue weighted by Crippen LogP contribution is 2.53. The molecule has 0 unspecified atom stereocenters. The van der Waals surface area contributed by atoms with Crippen molar-refractivity contribution in [2.45, 2.75) is 236 Å². The summed E-state index contributed by atoms with van der Waals surface area (Å²) in [6.07, 6.45) is 42.8. The Hall–Kier alpha value is -12.8. The normalized spacial score (nSPS) is 16.7. The molecule has 5 heteroatoms. The van der Waals surface area contributed by atoms with Gasteiger partial charge in [0.05, 0.1) is 0 Å². The summed E-state index contributed by atoms with van der Waals surface area (Å²) in [5.74, 6) is 2.51. The minimum absolute atomic E-state index is 0.196. The average molecular weight is 1880 g/mol. The molecule has 0 amide bonds. The molecule has 16 aromatic rings. The zero-order valence-corrected chi connectivity index (χ0v) is 87.1. The van der Waals surface area contributed by atoms with Crippen LogP contribution in [0.4, 0.5) is 0 Å². The van der Waals surface area contributed by atoms with Crippen LogP contribution < -0.4 is 22.8 Å². The largest absolute Gasteiger partial charge is 0.213 e. The molecular weight excluding hydrogens is 1720 g/mol. The van der Waals surface area contributed by atoms with Gasteiger partial charge in [-0.05, 0) is 377 Å². The van der Waals surface area contributed by atoms with Crippen LogP contribution in [0.15, 0.2) is 340 Å². The molecule has 0 saturated heterocycles. The molecule has 5 aliphatic rings. The molecule has 142 heavy (non-hydrogen) atoms. The number of hydrogen-bond acceptors (Lipinski definition) is 0. The van der Waals surface area contributed by atoms with Gasteiger partial charge in [-0.1, -0.05) is 276 Å². The average Bonchev–Trinajstić information content (AvgIpc) is 0.838. The predicted octanol–water partition coefficient (Wildman–Crippen LogP) is 33.6. The van der Waals surface area contributed by atoms with E-state index in [1.54, 1.807) is 30.9 Å². The van der Waals surface area contributed by atoms with Gasteiger partial charge in [-0.3, -0.25) is 0 Å². The van der Waals surface area contributed by atoms with Crippen LogP contribution in [0, 0.1) is 97.1 Å². The zero-order valence-electron chi connectivity index (χ0n) is 96.1. The summed E-state index contributed by atoms with van der Waals surface area (Å²) < 4.78 is 82.5. The van der Waals surface area contributed by atoms with E-state index in [4.69, 9.17) is 12.3 Å². The van der Waals surface area contributed by atoms with E-state index < -0.39 is 20.6 Å². The van der Waals surface area contributed by atoms with Crippen LogP contribution in [0.3, 0.4) is 0 Å². The van der Waals surface area contributed by atoms with Crippen molar-refractivity contribution >= 4 is 0 Å². The molecule has 5 aromatic heterocycles. The first-order chi connectivity index (χ1) is 72.3. The lowest BCUT2D eigenvalue weighted by Crippen LogP contribution is -2.31. The first-order valence-corrected chi connectivity index (χ1v) is 52.8.